The van der Waals surface area contributed by atoms with Crippen molar-refractivity contribution in [2.75, 3.05) is 58.7 Å². The highest BCUT2D eigenvalue weighted by molar-refractivity contribution is 7.89. The molecule has 0 aromatic heterocycles. The van der Waals surface area contributed by atoms with Crippen LogP contribution in [0.3, 0.4) is 0 Å². The normalized spacial score (nSPS) is 22.9. The number of piperidine rings is 1. The van der Waals surface area contributed by atoms with Gasteiger partial charge in [0.2, 0.25) is 10.0 Å². The maximum atomic E-state index is 12.1. The molecule has 9 heteroatoms. The Hall–Kier alpha value is -0.900. The lowest BCUT2D eigenvalue weighted by Crippen LogP contribution is -2.43. The Kier molecular flexibility index (Phi) is 10.5. The van der Waals surface area contributed by atoms with Crippen LogP contribution in [-0.4, -0.2) is 84.1 Å². The van der Waals surface area contributed by atoms with Crippen LogP contribution >= 0.6 is 0 Å². The second kappa shape index (κ2) is 12.6. The Balaban J connectivity index is 1.54. The maximum absolute atomic E-state index is 12.1. The van der Waals surface area contributed by atoms with E-state index < -0.39 is 10.0 Å². The minimum atomic E-state index is -3.31. The number of likely N-dealkylation sites (tertiary alicyclic amines) is 1. The van der Waals surface area contributed by atoms with Crippen LogP contribution in [-0.2, 0) is 14.8 Å². The lowest BCUT2D eigenvalue weighted by atomic mass is 9.99. The fourth-order valence-electron chi connectivity index (χ4n) is 3.58. The van der Waals surface area contributed by atoms with Gasteiger partial charge >= 0.3 is 0 Å². The molecular weight excluding hydrogens is 378 g/mol. The molecule has 2 saturated heterocycles. The van der Waals surface area contributed by atoms with Crippen molar-refractivity contribution in [1.29, 1.82) is 0 Å². The number of hydrogen-bond donors (Lipinski definition) is 3. The second-order valence-electron chi connectivity index (χ2n) is 7.96. The molecule has 0 bridgehead atoms. The molecule has 0 radical (unpaired) electrons. The van der Waals surface area contributed by atoms with E-state index in [4.69, 9.17) is 4.74 Å². The van der Waals surface area contributed by atoms with Gasteiger partial charge in [-0.1, -0.05) is 6.92 Å². The molecule has 0 aliphatic carbocycles. The monoisotopic (exact) mass is 417 g/mol. The van der Waals surface area contributed by atoms with Gasteiger partial charge in [0, 0.05) is 33.3 Å². The second-order valence-corrected chi connectivity index (χ2v) is 9.89. The van der Waals surface area contributed by atoms with Gasteiger partial charge in [0.15, 0.2) is 5.96 Å². The molecule has 1 unspecified atom stereocenters. The molecular formula is C19H39N5O3S. The van der Waals surface area contributed by atoms with Crippen molar-refractivity contribution in [2.24, 2.45) is 10.9 Å². The van der Waals surface area contributed by atoms with Crippen molar-refractivity contribution in [1.82, 2.24) is 20.3 Å². The van der Waals surface area contributed by atoms with E-state index in [0.29, 0.717) is 19.0 Å². The summed E-state index contributed by atoms with van der Waals surface area (Å²) in [5, 5.41) is 6.35. The molecule has 2 aliphatic rings. The minimum absolute atomic E-state index is 0.00836. The molecule has 0 amide bonds. The van der Waals surface area contributed by atoms with E-state index in [1.165, 1.54) is 25.9 Å². The standard InChI is InChI=1S/C19H39N5O3S/c1-17-7-12-24(13-8-17)11-5-9-21-19(20-2)22-10-15-28(25,26)23-16-18-6-3-4-14-27-18/h17-18,23H,3-16H2,1-2H3,(H2,20,21,22). The minimum Gasteiger partial charge on any atom is -0.377 e. The Bertz CT molecular complexity index is 556. The highest BCUT2D eigenvalue weighted by Gasteiger charge is 2.18. The van der Waals surface area contributed by atoms with Crippen LogP contribution in [0.15, 0.2) is 4.99 Å². The highest BCUT2D eigenvalue weighted by Crippen LogP contribution is 2.15. The van der Waals surface area contributed by atoms with Gasteiger partial charge in [-0.25, -0.2) is 13.1 Å². The number of hydrogen-bond acceptors (Lipinski definition) is 5. The fraction of sp³-hybridized carbons (Fsp3) is 0.947. The number of aliphatic imine (C=N–C) groups is 1. The van der Waals surface area contributed by atoms with Crippen molar-refractivity contribution in [3.63, 3.8) is 0 Å². The Morgan fingerprint density at radius 3 is 2.57 bits per heavy atom. The number of ether oxygens (including phenoxy) is 1. The van der Waals surface area contributed by atoms with Crippen molar-refractivity contribution in [3.05, 3.63) is 0 Å². The Morgan fingerprint density at radius 1 is 1.14 bits per heavy atom. The molecule has 2 aliphatic heterocycles. The summed E-state index contributed by atoms with van der Waals surface area (Å²) in [5.74, 6) is 1.53. The summed E-state index contributed by atoms with van der Waals surface area (Å²) < 4.78 is 32.5. The van der Waals surface area contributed by atoms with E-state index in [-0.39, 0.29) is 11.9 Å². The quantitative estimate of drug-likeness (QED) is 0.276. The van der Waals surface area contributed by atoms with Crippen LogP contribution in [0.25, 0.3) is 0 Å². The fourth-order valence-corrected chi connectivity index (χ4v) is 4.53. The van der Waals surface area contributed by atoms with Crippen LogP contribution in [0, 0.1) is 5.92 Å². The molecule has 28 heavy (non-hydrogen) atoms. The number of sulfonamides is 1. The van der Waals surface area contributed by atoms with E-state index in [1.54, 1.807) is 7.05 Å². The van der Waals surface area contributed by atoms with Gasteiger partial charge in [0.1, 0.15) is 0 Å². The van der Waals surface area contributed by atoms with Crippen LogP contribution < -0.4 is 15.4 Å². The average Bonchev–Trinajstić information content (AvgIpc) is 2.70. The van der Waals surface area contributed by atoms with Crippen LogP contribution in [0.5, 0.6) is 0 Å². The van der Waals surface area contributed by atoms with E-state index >= 15 is 0 Å². The molecule has 3 N–H and O–H groups in total. The number of nitrogens with one attached hydrogen (secondary N) is 3. The summed E-state index contributed by atoms with van der Waals surface area (Å²) in [6.45, 7) is 8.07. The van der Waals surface area contributed by atoms with E-state index in [0.717, 1.165) is 51.3 Å². The van der Waals surface area contributed by atoms with Gasteiger partial charge in [-0.05, 0) is 64.1 Å². The Morgan fingerprint density at radius 2 is 1.89 bits per heavy atom. The van der Waals surface area contributed by atoms with Crippen LogP contribution in [0.2, 0.25) is 0 Å². The first-order valence-electron chi connectivity index (χ1n) is 10.7. The zero-order valence-corrected chi connectivity index (χ0v) is 18.4. The average molecular weight is 418 g/mol. The van der Waals surface area contributed by atoms with Crippen molar-refractivity contribution >= 4 is 16.0 Å². The summed E-state index contributed by atoms with van der Waals surface area (Å²) in [4.78, 5) is 6.69. The van der Waals surface area contributed by atoms with Crippen molar-refractivity contribution in [3.8, 4) is 0 Å². The first kappa shape index (κ1) is 23.4. The van der Waals surface area contributed by atoms with Crippen LogP contribution in [0.4, 0.5) is 0 Å². The number of nitrogens with zero attached hydrogens (tertiary/aromatic N) is 2. The first-order chi connectivity index (χ1) is 13.5. The molecule has 2 heterocycles. The predicted molar refractivity (Wildman–Crippen MR) is 114 cm³/mol. The molecule has 0 aromatic carbocycles. The third-order valence-corrected chi connectivity index (χ3v) is 6.86. The molecule has 0 saturated carbocycles. The zero-order valence-electron chi connectivity index (χ0n) is 17.6. The summed E-state index contributed by atoms with van der Waals surface area (Å²) in [6.07, 6.45) is 6.75. The summed E-state index contributed by atoms with van der Waals surface area (Å²) in [7, 11) is -1.61. The van der Waals surface area contributed by atoms with E-state index in [2.05, 4.69) is 32.2 Å². The molecule has 1 atom stereocenters. The lowest BCUT2D eigenvalue weighted by molar-refractivity contribution is 0.0200. The summed E-state index contributed by atoms with van der Waals surface area (Å²) in [6, 6.07) is 0. The van der Waals surface area contributed by atoms with Gasteiger partial charge < -0.3 is 20.3 Å². The SMILES string of the molecule is CN=C(NCCCN1CCC(C)CC1)NCCS(=O)(=O)NCC1CCCCO1. The van der Waals surface area contributed by atoms with Crippen molar-refractivity contribution in [2.45, 2.75) is 51.6 Å². The molecule has 2 fully saturated rings. The zero-order chi connectivity index (χ0) is 20.2. The van der Waals surface area contributed by atoms with Gasteiger partial charge in [-0.15, -0.1) is 0 Å². The molecule has 164 valence electrons. The molecule has 8 nitrogen and oxygen atoms in total. The largest absolute Gasteiger partial charge is 0.377 e. The maximum Gasteiger partial charge on any atom is 0.213 e. The Labute approximate surface area is 170 Å². The first-order valence-corrected chi connectivity index (χ1v) is 12.4. The molecule has 0 aromatic rings. The molecule has 2 rings (SSSR count). The third kappa shape index (κ3) is 9.54. The smallest absolute Gasteiger partial charge is 0.213 e. The predicted octanol–water partition coefficient (Wildman–Crippen LogP) is 0.762. The van der Waals surface area contributed by atoms with Gasteiger partial charge in [0.25, 0.3) is 0 Å². The highest BCUT2D eigenvalue weighted by atomic mass is 32.2. The van der Waals surface area contributed by atoms with Gasteiger partial charge in [-0.2, -0.15) is 0 Å². The topological polar surface area (TPSA) is 95.1 Å². The molecule has 0 spiro atoms. The van der Waals surface area contributed by atoms with E-state index in [9.17, 15) is 8.42 Å². The lowest BCUT2D eigenvalue weighted by Gasteiger charge is -2.30. The summed E-state index contributed by atoms with van der Waals surface area (Å²) in [5.41, 5.74) is 0. The number of rotatable bonds is 10. The van der Waals surface area contributed by atoms with E-state index in [1.807, 2.05) is 0 Å². The number of guanidine groups is 1. The van der Waals surface area contributed by atoms with Crippen molar-refractivity contribution < 1.29 is 13.2 Å². The summed E-state index contributed by atoms with van der Waals surface area (Å²) >= 11 is 0. The van der Waals surface area contributed by atoms with Gasteiger partial charge in [0.05, 0.1) is 11.9 Å². The third-order valence-electron chi connectivity index (χ3n) is 5.51. The van der Waals surface area contributed by atoms with Gasteiger partial charge in [-0.3, -0.25) is 4.99 Å². The van der Waals surface area contributed by atoms with Crippen LogP contribution in [0.1, 0.15) is 45.4 Å².